The van der Waals surface area contributed by atoms with E-state index in [1.54, 1.807) is 6.92 Å². The van der Waals surface area contributed by atoms with Gasteiger partial charge in [0.15, 0.2) is 6.79 Å². The second kappa shape index (κ2) is 9.14. The Morgan fingerprint density at radius 2 is 1.87 bits per heavy atom. The number of likely N-dealkylation sites (tertiary alicyclic amines) is 1. The summed E-state index contributed by atoms with van der Waals surface area (Å²) in [5.74, 6) is -3.07. The number of esters is 1. The lowest BCUT2D eigenvalue weighted by molar-refractivity contribution is -0.164. The zero-order valence-corrected chi connectivity index (χ0v) is 13.4. The molecule has 23 heavy (non-hydrogen) atoms. The molecule has 1 rings (SSSR count). The molecule has 1 fully saturated rings. The van der Waals surface area contributed by atoms with Gasteiger partial charge in [-0.15, -0.1) is 0 Å². The van der Waals surface area contributed by atoms with E-state index in [1.165, 1.54) is 11.8 Å². The Hall–Kier alpha value is -2.09. The van der Waals surface area contributed by atoms with Gasteiger partial charge in [-0.3, -0.25) is 14.4 Å². The van der Waals surface area contributed by atoms with E-state index in [-0.39, 0.29) is 38.9 Å². The Morgan fingerprint density at radius 3 is 2.43 bits per heavy atom. The van der Waals surface area contributed by atoms with Crippen LogP contribution >= 0.6 is 0 Å². The van der Waals surface area contributed by atoms with E-state index in [0.717, 1.165) is 0 Å². The largest absolute Gasteiger partial charge is 0.481 e. The van der Waals surface area contributed by atoms with Gasteiger partial charge in [0.25, 0.3) is 0 Å². The maximum Gasteiger partial charge on any atom is 0.310 e. The summed E-state index contributed by atoms with van der Waals surface area (Å²) in [4.78, 5) is 36.1. The quantitative estimate of drug-likeness (QED) is 0.301. The molecule has 130 valence electrons. The van der Waals surface area contributed by atoms with Gasteiger partial charge in [0.1, 0.15) is 6.61 Å². The monoisotopic (exact) mass is 329 g/mol. The second-order valence-corrected chi connectivity index (χ2v) is 5.34. The van der Waals surface area contributed by atoms with Gasteiger partial charge < -0.3 is 24.2 Å². The Kier molecular flexibility index (Phi) is 7.53. The molecule has 0 aliphatic carbocycles. The molecule has 1 aliphatic rings. The first kappa shape index (κ1) is 19.0. The van der Waals surface area contributed by atoms with Crippen LogP contribution in [-0.4, -0.2) is 60.9 Å². The number of carboxylic acids is 1. The van der Waals surface area contributed by atoms with E-state index in [1.807, 2.05) is 0 Å². The van der Waals surface area contributed by atoms with E-state index in [0.29, 0.717) is 12.3 Å². The zero-order chi connectivity index (χ0) is 17.4. The maximum atomic E-state index is 12.0. The van der Waals surface area contributed by atoms with Crippen molar-refractivity contribution in [3.8, 4) is 0 Å². The summed E-state index contributed by atoms with van der Waals surface area (Å²) in [5.41, 5.74) is 0. The van der Waals surface area contributed by atoms with Crippen LogP contribution in [0.15, 0.2) is 12.3 Å². The molecule has 0 saturated carbocycles. The van der Waals surface area contributed by atoms with Crippen LogP contribution in [0.3, 0.4) is 0 Å². The number of ether oxygens (including phenoxy) is 3. The Bertz CT molecular complexity index is 463. The maximum absolute atomic E-state index is 12.0. The standard InChI is InChI=1S/C15H23NO7/c1-10(2)23-9-21-6-7-22-15(20)12-4-5-16(11(3)17)8-13(12)14(18)19/h12-13H,1,4-9H2,2-3H3,(H,18,19). The van der Waals surface area contributed by atoms with Crippen LogP contribution in [0.25, 0.3) is 0 Å². The fourth-order valence-electron chi connectivity index (χ4n) is 2.28. The molecule has 1 heterocycles. The van der Waals surface area contributed by atoms with Gasteiger partial charge in [0, 0.05) is 20.0 Å². The highest BCUT2D eigenvalue weighted by atomic mass is 16.7. The summed E-state index contributed by atoms with van der Waals surface area (Å²) in [6.45, 7) is 7.13. The van der Waals surface area contributed by atoms with Crippen molar-refractivity contribution in [2.75, 3.05) is 33.1 Å². The molecule has 0 aromatic carbocycles. The van der Waals surface area contributed by atoms with Crippen LogP contribution in [0.4, 0.5) is 0 Å². The number of carboxylic acid groups (broad SMARTS) is 1. The third kappa shape index (κ3) is 6.27. The first-order chi connectivity index (χ1) is 10.8. The molecule has 2 unspecified atom stereocenters. The van der Waals surface area contributed by atoms with Crippen molar-refractivity contribution in [1.82, 2.24) is 4.90 Å². The molecule has 0 radical (unpaired) electrons. The van der Waals surface area contributed by atoms with Gasteiger partial charge in [-0.05, 0) is 13.3 Å². The highest BCUT2D eigenvalue weighted by Crippen LogP contribution is 2.25. The van der Waals surface area contributed by atoms with Gasteiger partial charge in [-0.25, -0.2) is 0 Å². The third-order valence-corrected chi connectivity index (χ3v) is 3.54. The molecular weight excluding hydrogens is 306 g/mol. The molecule has 8 heteroatoms. The molecular formula is C15H23NO7. The van der Waals surface area contributed by atoms with Crippen LogP contribution in [0.2, 0.25) is 0 Å². The van der Waals surface area contributed by atoms with Crippen LogP contribution in [-0.2, 0) is 28.6 Å². The van der Waals surface area contributed by atoms with E-state index >= 15 is 0 Å². The van der Waals surface area contributed by atoms with Gasteiger partial charge in [0.05, 0.1) is 24.2 Å². The van der Waals surface area contributed by atoms with Crippen molar-refractivity contribution in [1.29, 1.82) is 0 Å². The summed E-state index contributed by atoms with van der Waals surface area (Å²) in [6, 6.07) is 0. The first-order valence-corrected chi connectivity index (χ1v) is 7.34. The predicted molar refractivity (Wildman–Crippen MR) is 79.2 cm³/mol. The number of amides is 1. The van der Waals surface area contributed by atoms with Crippen molar-refractivity contribution < 1.29 is 33.7 Å². The number of carbonyl (C=O) groups is 3. The first-order valence-electron chi connectivity index (χ1n) is 7.34. The Balaban J connectivity index is 2.40. The molecule has 8 nitrogen and oxygen atoms in total. The topological polar surface area (TPSA) is 102 Å². The minimum atomic E-state index is -1.11. The summed E-state index contributed by atoms with van der Waals surface area (Å²) in [5, 5.41) is 9.26. The number of hydrogen-bond donors (Lipinski definition) is 1. The predicted octanol–water partition coefficient (Wildman–Crippen LogP) is 0.623. The molecule has 0 aromatic heterocycles. The zero-order valence-electron chi connectivity index (χ0n) is 13.4. The fraction of sp³-hybridized carbons (Fsp3) is 0.667. The van der Waals surface area contributed by atoms with Crippen LogP contribution < -0.4 is 0 Å². The number of carbonyl (C=O) groups excluding carboxylic acids is 2. The lowest BCUT2D eigenvalue weighted by Crippen LogP contribution is -2.48. The Labute approximate surface area is 135 Å². The highest BCUT2D eigenvalue weighted by molar-refractivity contribution is 5.83. The summed E-state index contributed by atoms with van der Waals surface area (Å²) < 4.78 is 15.1. The van der Waals surface area contributed by atoms with Gasteiger partial charge in [-0.2, -0.15) is 0 Å². The van der Waals surface area contributed by atoms with E-state index in [9.17, 15) is 19.5 Å². The summed E-state index contributed by atoms with van der Waals surface area (Å²) in [7, 11) is 0. The van der Waals surface area contributed by atoms with Crippen molar-refractivity contribution in [3.63, 3.8) is 0 Å². The highest BCUT2D eigenvalue weighted by Gasteiger charge is 2.40. The molecule has 0 bridgehead atoms. The Morgan fingerprint density at radius 1 is 1.17 bits per heavy atom. The van der Waals surface area contributed by atoms with Crippen LogP contribution in [0.5, 0.6) is 0 Å². The van der Waals surface area contributed by atoms with E-state index < -0.39 is 23.8 Å². The number of hydrogen-bond acceptors (Lipinski definition) is 6. The summed E-state index contributed by atoms with van der Waals surface area (Å²) in [6.07, 6.45) is 0.273. The molecule has 1 amide bonds. The smallest absolute Gasteiger partial charge is 0.310 e. The normalized spacial score (nSPS) is 20.7. The lowest BCUT2D eigenvalue weighted by Gasteiger charge is -2.34. The van der Waals surface area contributed by atoms with Gasteiger partial charge in [0.2, 0.25) is 5.91 Å². The average Bonchev–Trinajstić information content (AvgIpc) is 2.49. The molecule has 2 atom stereocenters. The average molecular weight is 329 g/mol. The van der Waals surface area contributed by atoms with Gasteiger partial charge in [-0.1, -0.05) is 6.58 Å². The van der Waals surface area contributed by atoms with Crippen molar-refractivity contribution in [3.05, 3.63) is 12.3 Å². The lowest BCUT2D eigenvalue weighted by atomic mass is 9.85. The molecule has 1 aliphatic heterocycles. The third-order valence-electron chi connectivity index (χ3n) is 3.54. The van der Waals surface area contributed by atoms with E-state index in [4.69, 9.17) is 14.2 Å². The molecule has 1 N–H and O–H groups in total. The number of piperidine rings is 1. The number of rotatable bonds is 8. The van der Waals surface area contributed by atoms with Crippen LogP contribution in [0, 0.1) is 11.8 Å². The number of nitrogens with zero attached hydrogens (tertiary/aromatic N) is 1. The molecule has 1 saturated heterocycles. The van der Waals surface area contributed by atoms with Crippen molar-refractivity contribution in [2.45, 2.75) is 20.3 Å². The number of allylic oxidation sites excluding steroid dienone is 1. The molecule has 0 spiro atoms. The van der Waals surface area contributed by atoms with Gasteiger partial charge >= 0.3 is 11.9 Å². The van der Waals surface area contributed by atoms with Crippen LogP contribution in [0.1, 0.15) is 20.3 Å². The molecule has 0 aromatic rings. The minimum Gasteiger partial charge on any atom is -0.481 e. The SMILES string of the molecule is C=C(C)OCOCCOC(=O)C1CCN(C(C)=O)CC1C(=O)O. The van der Waals surface area contributed by atoms with Crippen molar-refractivity contribution >= 4 is 17.8 Å². The van der Waals surface area contributed by atoms with E-state index in [2.05, 4.69) is 6.58 Å². The second-order valence-electron chi connectivity index (χ2n) is 5.34. The summed E-state index contributed by atoms with van der Waals surface area (Å²) >= 11 is 0. The number of aliphatic carboxylic acids is 1. The van der Waals surface area contributed by atoms with Crippen molar-refractivity contribution in [2.24, 2.45) is 11.8 Å². The fourth-order valence-corrected chi connectivity index (χ4v) is 2.28. The minimum absolute atomic E-state index is 0.0116.